The number of hydrogen-bond acceptors (Lipinski definition) is 1. The largest absolute Gasteiger partial charge is 0.490 e. The maximum absolute atomic E-state index is 5.43. The maximum Gasteiger partial charge on any atom is 0.119 e. The Kier molecular flexibility index (Phi) is 3.39. The van der Waals surface area contributed by atoms with E-state index in [4.69, 9.17) is 4.74 Å². The average molecular weight is 210 g/mol. The molecule has 0 atom stereocenters. The van der Waals surface area contributed by atoms with Gasteiger partial charge in [0.25, 0.3) is 0 Å². The van der Waals surface area contributed by atoms with E-state index in [1.54, 1.807) is 6.08 Å². The highest BCUT2D eigenvalue weighted by Crippen LogP contribution is 2.21. The van der Waals surface area contributed by atoms with Gasteiger partial charge in [-0.2, -0.15) is 0 Å². The van der Waals surface area contributed by atoms with Gasteiger partial charge < -0.3 is 4.74 Å². The van der Waals surface area contributed by atoms with Crippen LogP contribution in [0.2, 0.25) is 0 Å². The molecule has 2 rings (SSSR count). The normalized spacial score (nSPS) is 9.75. The molecule has 0 unspecified atom stereocenters. The minimum atomic E-state index is 0.546. The van der Waals surface area contributed by atoms with Crippen LogP contribution in [0.25, 0.3) is 11.1 Å². The zero-order valence-corrected chi connectivity index (χ0v) is 9.10. The van der Waals surface area contributed by atoms with Crippen LogP contribution in [0.1, 0.15) is 0 Å². The lowest BCUT2D eigenvalue weighted by Gasteiger charge is -2.05. The van der Waals surface area contributed by atoms with Gasteiger partial charge in [-0.25, -0.2) is 0 Å². The Hall–Kier alpha value is -2.02. The molecule has 2 aromatic carbocycles. The highest BCUT2D eigenvalue weighted by molar-refractivity contribution is 5.63. The molecule has 0 spiro atoms. The molecule has 0 aromatic heterocycles. The number of benzene rings is 2. The summed E-state index contributed by atoms with van der Waals surface area (Å²) in [4.78, 5) is 0. The molecule has 0 amide bonds. The smallest absolute Gasteiger partial charge is 0.119 e. The van der Waals surface area contributed by atoms with Crippen LogP contribution in [0.5, 0.6) is 5.75 Å². The molecule has 0 aliphatic rings. The van der Waals surface area contributed by atoms with Crippen LogP contribution in [0.4, 0.5) is 0 Å². The van der Waals surface area contributed by atoms with Crippen molar-refractivity contribution in [1.82, 2.24) is 0 Å². The summed E-state index contributed by atoms with van der Waals surface area (Å²) in [6.45, 7) is 4.16. The second-order valence-electron chi connectivity index (χ2n) is 3.49. The fourth-order valence-electron chi connectivity index (χ4n) is 1.53. The van der Waals surface area contributed by atoms with Crippen LogP contribution >= 0.6 is 0 Å². The van der Waals surface area contributed by atoms with Gasteiger partial charge in [-0.1, -0.05) is 55.1 Å². The molecule has 0 saturated heterocycles. The van der Waals surface area contributed by atoms with Gasteiger partial charge in [-0.15, -0.1) is 0 Å². The van der Waals surface area contributed by atoms with Crippen LogP contribution in [0.15, 0.2) is 67.3 Å². The Morgan fingerprint density at radius 2 is 1.50 bits per heavy atom. The number of rotatable bonds is 4. The summed E-state index contributed by atoms with van der Waals surface area (Å²) in [5.41, 5.74) is 2.42. The van der Waals surface area contributed by atoms with Crippen molar-refractivity contribution in [3.05, 3.63) is 67.3 Å². The Bertz CT molecular complexity index is 443. The van der Waals surface area contributed by atoms with Crippen molar-refractivity contribution in [2.45, 2.75) is 0 Å². The minimum absolute atomic E-state index is 0.546. The fourth-order valence-corrected chi connectivity index (χ4v) is 1.53. The zero-order valence-electron chi connectivity index (χ0n) is 9.10. The lowest BCUT2D eigenvalue weighted by Crippen LogP contribution is -1.91. The van der Waals surface area contributed by atoms with E-state index in [1.807, 2.05) is 30.3 Å². The Morgan fingerprint density at radius 1 is 0.875 bits per heavy atom. The Labute approximate surface area is 96.0 Å². The van der Waals surface area contributed by atoms with E-state index in [2.05, 4.69) is 30.8 Å². The Balaban J connectivity index is 2.16. The molecule has 80 valence electrons. The van der Waals surface area contributed by atoms with Gasteiger partial charge in [0.15, 0.2) is 0 Å². The number of ether oxygens (including phenoxy) is 1. The van der Waals surface area contributed by atoms with Crippen molar-refractivity contribution in [2.24, 2.45) is 0 Å². The van der Waals surface area contributed by atoms with E-state index in [-0.39, 0.29) is 0 Å². The van der Waals surface area contributed by atoms with Crippen molar-refractivity contribution < 1.29 is 4.74 Å². The van der Waals surface area contributed by atoms with Crippen molar-refractivity contribution >= 4 is 0 Å². The first-order valence-corrected chi connectivity index (χ1v) is 5.29. The number of hydrogen-bond donors (Lipinski definition) is 0. The second kappa shape index (κ2) is 5.17. The van der Waals surface area contributed by atoms with Crippen molar-refractivity contribution in [3.8, 4) is 16.9 Å². The first-order valence-electron chi connectivity index (χ1n) is 5.29. The first-order chi connectivity index (χ1) is 7.90. The predicted molar refractivity (Wildman–Crippen MR) is 67.6 cm³/mol. The lowest BCUT2D eigenvalue weighted by molar-refractivity contribution is 0.363. The van der Waals surface area contributed by atoms with E-state index in [0.29, 0.717) is 6.61 Å². The van der Waals surface area contributed by atoms with Gasteiger partial charge in [0, 0.05) is 0 Å². The molecule has 0 aliphatic carbocycles. The topological polar surface area (TPSA) is 9.23 Å². The van der Waals surface area contributed by atoms with E-state index < -0.39 is 0 Å². The van der Waals surface area contributed by atoms with Gasteiger partial charge in [-0.3, -0.25) is 0 Å². The van der Waals surface area contributed by atoms with Gasteiger partial charge in [0.05, 0.1) is 0 Å². The molecule has 2 aromatic rings. The van der Waals surface area contributed by atoms with E-state index in [9.17, 15) is 0 Å². The van der Waals surface area contributed by atoms with E-state index >= 15 is 0 Å². The Morgan fingerprint density at radius 3 is 2.12 bits per heavy atom. The molecule has 1 heteroatoms. The molecule has 0 aliphatic heterocycles. The molecule has 0 heterocycles. The third kappa shape index (κ3) is 2.51. The molecule has 0 saturated carbocycles. The summed E-state index contributed by atoms with van der Waals surface area (Å²) < 4.78 is 5.43. The van der Waals surface area contributed by atoms with Crippen molar-refractivity contribution in [2.75, 3.05) is 6.61 Å². The van der Waals surface area contributed by atoms with Crippen LogP contribution in [0.3, 0.4) is 0 Å². The van der Waals surface area contributed by atoms with Gasteiger partial charge in [0.2, 0.25) is 0 Å². The monoisotopic (exact) mass is 210 g/mol. The van der Waals surface area contributed by atoms with Gasteiger partial charge in [-0.05, 0) is 23.3 Å². The van der Waals surface area contributed by atoms with Crippen LogP contribution in [0, 0.1) is 0 Å². The summed E-state index contributed by atoms with van der Waals surface area (Å²) in [5.74, 6) is 0.875. The summed E-state index contributed by atoms with van der Waals surface area (Å²) in [6.07, 6.45) is 1.74. The average Bonchev–Trinajstić information content (AvgIpc) is 2.38. The highest BCUT2D eigenvalue weighted by atomic mass is 16.5. The molecular weight excluding hydrogens is 196 g/mol. The summed E-state index contributed by atoms with van der Waals surface area (Å²) in [5, 5.41) is 0. The van der Waals surface area contributed by atoms with E-state index in [0.717, 1.165) is 5.75 Å². The van der Waals surface area contributed by atoms with Crippen LogP contribution in [-0.2, 0) is 0 Å². The summed E-state index contributed by atoms with van der Waals surface area (Å²) in [7, 11) is 0. The quantitative estimate of drug-likeness (QED) is 0.695. The van der Waals surface area contributed by atoms with E-state index in [1.165, 1.54) is 11.1 Å². The zero-order chi connectivity index (χ0) is 11.2. The summed E-state index contributed by atoms with van der Waals surface area (Å²) in [6, 6.07) is 18.4. The molecule has 1 nitrogen and oxygen atoms in total. The molecule has 0 radical (unpaired) electrons. The first kappa shape index (κ1) is 10.5. The molecule has 0 N–H and O–H groups in total. The predicted octanol–water partition coefficient (Wildman–Crippen LogP) is 3.92. The molecule has 0 fully saturated rings. The summed E-state index contributed by atoms with van der Waals surface area (Å²) >= 11 is 0. The maximum atomic E-state index is 5.43. The fraction of sp³-hybridized carbons (Fsp3) is 0.0667. The van der Waals surface area contributed by atoms with Crippen LogP contribution < -0.4 is 4.74 Å². The lowest BCUT2D eigenvalue weighted by atomic mass is 10.1. The molecule has 16 heavy (non-hydrogen) atoms. The third-order valence-electron chi connectivity index (χ3n) is 2.33. The third-order valence-corrected chi connectivity index (χ3v) is 2.33. The van der Waals surface area contributed by atoms with Gasteiger partial charge in [0.1, 0.15) is 12.4 Å². The molecular formula is C15H14O. The van der Waals surface area contributed by atoms with Crippen molar-refractivity contribution in [1.29, 1.82) is 0 Å². The van der Waals surface area contributed by atoms with Crippen LogP contribution in [-0.4, -0.2) is 6.61 Å². The highest BCUT2D eigenvalue weighted by Gasteiger charge is 1.96. The molecule has 0 bridgehead atoms. The standard InChI is InChI=1S/C15H14O/c1-2-12-16-15-10-8-14(9-11-15)13-6-4-3-5-7-13/h2-11H,1,12H2. The second-order valence-corrected chi connectivity index (χ2v) is 3.49. The van der Waals surface area contributed by atoms with Crippen molar-refractivity contribution in [3.63, 3.8) is 0 Å². The van der Waals surface area contributed by atoms with Gasteiger partial charge >= 0.3 is 0 Å². The minimum Gasteiger partial charge on any atom is -0.490 e. The SMILES string of the molecule is C=CCOc1ccc(-c2ccccc2)cc1.